The molecular weight excluding hydrogens is 408 g/mol. The van der Waals surface area contributed by atoms with E-state index in [1.165, 1.54) is 32.1 Å². The fourth-order valence-electron chi connectivity index (χ4n) is 7.32. The number of tetrazole rings is 1. The first-order valence-corrected chi connectivity index (χ1v) is 12.8. The zero-order chi connectivity index (χ0) is 20.9. The van der Waals surface area contributed by atoms with E-state index in [-0.39, 0.29) is 18.0 Å². The summed E-state index contributed by atoms with van der Waals surface area (Å²) in [6.45, 7) is 0.862. The lowest BCUT2D eigenvalue weighted by atomic mass is 9.54. The highest BCUT2D eigenvalue weighted by molar-refractivity contribution is 7.98. The summed E-state index contributed by atoms with van der Waals surface area (Å²) < 4.78 is 1.85. The largest absolute Gasteiger partial charge is 0.325 e. The Morgan fingerprint density at radius 2 is 1.87 bits per heavy atom. The minimum Gasteiger partial charge on any atom is -0.325 e. The van der Waals surface area contributed by atoms with Crippen molar-refractivity contribution in [1.29, 1.82) is 0 Å². The van der Waals surface area contributed by atoms with Gasteiger partial charge in [0.15, 0.2) is 0 Å². The highest BCUT2D eigenvalue weighted by Crippen LogP contribution is 2.56. The third kappa shape index (κ3) is 3.57. The summed E-state index contributed by atoms with van der Waals surface area (Å²) in [7, 11) is 0. The van der Waals surface area contributed by atoms with Crippen LogP contribution >= 0.6 is 11.8 Å². The van der Waals surface area contributed by atoms with E-state index in [1.807, 2.05) is 16.8 Å². The van der Waals surface area contributed by atoms with Gasteiger partial charge in [0, 0.05) is 23.2 Å². The number of carbonyl (C=O) groups excluding carboxylic acids is 1. The SMILES string of the molecule is CSc1cccc(NC(=O)[C@@H]2C[C@H](n3cnnn3)CN2C2C3CC4CC(C3)CC2C4)c1. The molecule has 2 heterocycles. The van der Waals surface area contributed by atoms with Gasteiger partial charge in [-0.25, -0.2) is 4.68 Å². The number of likely N-dealkylation sites (tertiary alicyclic amines) is 1. The first-order valence-electron chi connectivity index (χ1n) is 11.6. The number of anilines is 1. The first kappa shape index (κ1) is 19.7. The number of hydrogen-bond donors (Lipinski definition) is 1. The monoisotopic (exact) mass is 438 g/mol. The summed E-state index contributed by atoms with van der Waals surface area (Å²) >= 11 is 1.69. The summed E-state index contributed by atoms with van der Waals surface area (Å²) in [4.78, 5) is 17.3. The number of aromatic nitrogens is 4. The van der Waals surface area contributed by atoms with Gasteiger partial charge in [0.25, 0.3) is 0 Å². The van der Waals surface area contributed by atoms with Crippen molar-refractivity contribution in [1.82, 2.24) is 25.1 Å². The Kier molecular flexibility index (Phi) is 5.02. The molecule has 164 valence electrons. The molecule has 0 unspecified atom stereocenters. The van der Waals surface area contributed by atoms with Crippen molar-refractivity contribution in [2.75, 3.05) is 18.1 Å². The van der Waals surface area contributed by atoms with Gasteiger partial charge in [-0.15, -0.1) is 16.9 Å². The number of rotatable bonds is 5. The van der Waals surface area contributed by atoms with Gasteiger partial charge in [0.05, 0.1) is 12.1 Å². The van der Waals surface area contributed by atoms with Crippen LogP contribution in [0.2, 0.25) is 0 Å². The predicted molar refractivity (Wildman–Crippen MR) is 120 cm³/mol. The van der Waals surface area contributed by atoms with Crippen LogP contribution in [0, 0.1) is 23.7 Å². The zero-order valence-corrected chi connectivity index (χ0v) is 18.7. The van der Waals surface area contributed by atoms with Gasteiger partial charge in [-0.1, -0.05) is 6.07 Å². The molecule has 4 saturated carbocycles. The van der Waals surface area contributed by atoms with Crippen LogP contribution < -0.4 is 5.32 Å². The molecule has 0 spiro atoms. The molecule has 7 rings (SSSR count). The fraction of sp³-hybridized carbons (Fsp3) is 0.652. The third-order valence-electron chi connectivity index (χ3n) is 8.26. The van der Waals surface area contributed by atoms with E-state index in [1.54, 1.807) is 18.1 Å². The number of nitrogens with one attached hydrogen (secondary N) is 1. The highest BCUT2D eigenvalue weighted by Gasteiger charge is 2.54. The van der Waals surface area contributed by atoms with E-state index in [0.29, 0.717) is 6.04 Å². The smallest absolute Gasteiger partial charge is 0.241 e. The standard InChI is InChI=1S/C23H30N6OS/c1-31-20-4-2-3-18(10-20)25-23(30)21-11-19(29-13-24-26-27-29)12-28(21)22-16-6-14-5-15(8-16)9-17(22)7-14/h2-4,10,13-17,19,21-22H,5-9,11-12H2,1H3,(H,25,30)/t14?,15?,16?,17?,19-,21-,22?/m0/s1. The molecule has 8 heteroatoms. The van der Waals surface area contributed by atoms with Gasteiger partial charge in [-0.2, -0.15) is 0 Å². The van der Waals surface area contributed by atoms with E-state index in [2.05, 4.69) is 44.1 Å². The van der Waals surface area contributed by atoms with Crippen molar-refractivity contribution in [2.24, 2.45) is 23.7 Å². The molecule has 31 heavy (non-hydrogen) atoms. The Labute approximate surface area is 187 Å². The first-order chi connectivity index (χ1) is 15.2. The van der Waals surface area contributed by atoms with Crippen LogP contribution in [0.4, 0.5) is 5.69 Å². The van der Waals surface area contributed by atoms with Crippen LogP contribution in [0.15, 0.2) is 35.5 Å². The Bertz CT molecular complexity index is 921. The van der Waals surface area contributed by atoms with Crippen LogP contribution in [-0.2, 0) is 4.79 Å². The molecule has 1 saturated heterocycles. The van der Waals surface area contributed by atoms with Gasteiger partial charge >= 0.3 is 0 Å². The fourth-order valence-corrected chi connectivity index (χ4v) is 7.78. The second kappa shape index (κ2) is 7.89. The number of thioether (sulfide) groups is 1. The molecule has 4 aliphatic carbocycles. The molecule has 1 aliphatic heterocycles. The maximum Gasteiger partial charge on any atom is 0.241 e. The Morgan fingerprint density at radius 1 is 1.10 bits per heavy atom. The number of carbonyl (C=O) groups is 1. The Morgan fingerprint density at radius 3 is 2.55 bits per heavy atom. The number of nitrogens with zero attached hydrogens (tertiary/aromatic N) is 5. The van der Waals surface area contributed by atoms with Gasteiger partial charge in [0.2, 0.25) is 5.91 Å². The molecule has 7 nitrogen and oxygen atoms in total. The maximum atomic E-state index is 13.6. The van der Waals surface area contributed by atoms with Crippen LogP contribution in [-0.4, -0.2) is 55.9 Å². The van der Waals surface area contributed by atoms with Crippen molar-refractivity contribution < 1.29 is 4.79 Å². The molecule has 1 N–H and O–H groups in total. The number of amides is 1. The summed E-state index contributed by atoms with van der Waals surface area (Å²) in [5, 5.41) is 15.1. The average molecular weight is 439 g/mol. The van der Waals surface area contributed by atoms with Crippen LogP contribution in [0.25, 0.3) is 0 Å². The minimum absolute atomic E-state index is 0.114. The van der Waals surface area contributed by atoms with Crippen molar-refractivity contribution >= 4 is 23.4 Å². The highest BCUT2D eigenvalue weighted by atomic mass is 32.2. The lowest BCUT2D eigenvalue weighted by Gasteiger charge is -2.57. The van der Waals surface area contributed by atoms with Crippen LogP contribution in [0.1, 0.15) is 44.6 Å². The Balaban J connectivity index is 1.27. The molecule has 2 atom stereocenters. The molecule has 1 aromatic heterocycles. The lowest BCUT2D eigenvalue weighted by molar-refractivity contribution is -0.125. The van der Waals surface area contributed by atoms with Gasteiger partial charge in [0.1, 0.15) is 6.33 Å². The Hall–Kier alpha value is -1.93. The van der Waals surface area contributed by atoms with Gasteiger partial charge in [-0.3, -0.25) is 9.69 Å². The number of benzene rings is 1. The predicted octanol–water partition coefficient (Wildman–Crippen LogP) is 3.47. The molecule has 1 aromatic carbocycles. The number of hydrogen-bond acceptors (Lipinski definition) is 6. The quantitative estimate of drug-likeness (QED) is 0.721. The van der Waals surface area contributed by atoms with Gasteiger partial charge < -0.3 is 5.32 Å². The van der Waals surface area contributed by atoms with Gasteiger partial charge in [-0.05, 0) is 97.1 Å². The van der Waals surface area contributed by atoms with E-state index in [0.717, 1.165) is 47.2 Å². The zero-order valence-electron chi connectivity index (χ0n) is 17.9. The van der Waals surface area contributed by atoms with E-state index in [9.17, 15) is 4.79 Å². The molecule has 2 aromatic rings. The van der Waals surface area contributed by atoms with Crippen molar-refractivity contribution in [3.8, 4) is 0 Å². The van der Waals surface area contributed by atoms with E-state index < -0.39 is 0 Å². The second-order valence-corrected chi connectivity index (χ2v) is 10.9. The molecule has 5 aliphatic rings. The third-order valence-corrected chi connectivity index (χ3v) is 8.98. The molecule has 5 fully saturated rings. The molecular formula is C23H30N6OS. The van der Waals surface area contributed by atoms with Crippen molar-refractivity contribution in [2.45, 2.75) is 61.5 Å². The summed E-state index contributed by atoms with van der Waals surface area (Å²) in [5.41, 5.74) is 0.882. The average Bonchev–Trinajstić information content (AvgIpc) is 3.43. The van der Waals surface area contributed by atoms with Crippen LogP contribution in [0.3, 0.4) is 0 Å². The summed E-state index contributed by atoms with van der Waals surface area (Å²) in [5.74, 6) is 3.47. The van der Waals surface area contributed by atoms with E-state index >= 15 is 0 Å². The topological polar surface area (TPSA) is 75.9 Å². The normalized spacial score (nSPS) is 36.7. The summed E-state index contributed by atoms with van der Waals surface area (Å²) in [6, 6.07) is 8.68. The lowest BCUT2D eigenvalue weighted by Crippen LogP contribution is -2.58. The van der Waals surface area contributed by atoms with Crippen molar-refractivity contribution in [3.05, 3.63) is 30.6 Å². The molecule has 1 amide bonds. The maximum absolute atomic E-state index is 13.6. The second-order valence-electron chi connectivity index (χ2n) is 10.0. The van der Waals surface area contributed by atoms with Crippen LogP contribution in [0.5, 0.6) is 0 Å². The van der Waals surface area contributed by atoms with Crippen molar-refractivity contribution in [3.63, 3.8) is 0 Å². The molecule has 0 radical (unpaired) electrons. The summed E-state index contributed by atoms with van der Waals surface area (Å²) in [6.07, 6.45) is 11.4. The molecule has 4 bridgehead atoms. The van der Waals surface area contributed by atoms with E-state index in [4.69, 9.17) is 0 Å². The minimum atomic E-state index is -0.130.